The largest absolute Gasteiger partial charge is 0.480 e. The van der Waals surface area contributed by atoms with Gasteiger partial charge in [-0.15, -0.1) is 0 Å². The van der Waals surface area contributed by atoms with Gasteiger partial charge in [0.15, 0.2) is 0 Å². The first kappa shape index (κ1) is 12.3. The monoisotopic (exact) mass is 225 g/mol. The van der Waals surface area contributed by atoms with E-state index < -0.39 is 17.9 Å². The molecule has 1 unspecified atom stereocenters. The third kappa shape index (κ3) is 2.85. The number of carbonyl (C=O) groups excluding carboxylic acids is 1. The number of carbonyl (C=O) groups is 2. The summed E-state index contributed by atoms with van der Waals surface area (Å²) in [5.74, 6) is -1.03. The Morgan fingerprint density at radius 2 is 2.06 bits per heavy atom. The van der Waals surface area contributed by atoms with Crippen LogP contribution in [0.2, 0.25) is 0 Å². The van der Waals surface area contributed by atoms with Crippen LogP contribution in [0.4, 0.5) is 0 Å². The van der Waals surface area contributed by atoms with E-state index in [0.29, 0.717) is 11.3 Å². The van der Waals surface area contributed by atoms with Crippen LogP contribution in [-0.4, -0.2) is 23.0 Å². The zero-order chi connectivity index (χ0) is 12.3. The lowest BCUT2D eigenvalue weighted by molar-refractivity contribution is -0.140. The Morgan fingerprint density at radius 1 is 1.44 bits per heavy atom. The van der Waals surface area contributed by atoms with E-state index in [1.807, 2.05) is 0 Å². The molecule has 0 aliphatic rings. The molecule has 1 heterocycles. The molecule has 0 aliphatic carbocycles. The van der Waals surface area contributed by atoms with Crippen LogP contribution in [0.15, 0.2) is 16.7 Å². The molecule has 0 aromatic carbocycles. The van der Waals surface area contributed by atoms with Gasteiger partial charge < -0.3 is 14.8 Å². The number of hydrogen-bond acceptors (Lipinski definition) is 3. The first-order valence-electron chi connectivity index (χ1n) is 5.00. The molecule has 1 atom stereocenters. The van der Waals surface area contributed by atoms with Gasteiger partial charge in [0.25, 0.3) is 5.91 Å². The molecule has 0 saturated heterocycles. The number of carboxylic acid groups (broad SMARTS) is 1. The Morgan fingerprint density at radius 3 is 2.44 bits per heavy atom. The quantitative estimate of drug-likeness (QED) is 0.812. The number of carboxylic acids is 1. The lowest BCUT2D eigenvalue weighted by atomic mass is 10.0. The van der Waals surface area contributed by atoms with Crippen molar-refractivity contribution in [2.24, 2.45) is 5.92 Å². The van der Waals surface area contributed by atoms with Gasteiger partial charge in [0, 0.05) is 0 Å². The highest BCUT2D eigenvalue weighted by molar-refractivity contribution is 5.96. The molecular formula is C11H15NO4. The Hall–Kier alpha value is -1.78. The molecule has 88 valence electrons. The van der Waals surface area contributed by atoms with Crippen molar-refractivity contribution in [2.45, 2.75) is 26.8 Å². The second-order valence-electron chi connectivity index (χ2n) is 3.98. The molecule has 1 aromatic heterocycles. The zero-order valence-electron chi connectivity index (χ0n) is 9.48. The maximum absolute atomic E-state index is 11.6. The molecule has 0 fully saturated rings. The highest BCUT2D eigenvalue weighted by Crippen LogP contribution is 2.08. The van der Waals surface area contributed by atoms with E-state index in [1.165, 1.54) is 6.26 Å². The van der Waals surface area contributed by atoms with Crippen LogP contribution in [0, 0.1) is 12.8 Å². The van der Waals surface area contributed by atoms with Crippen molar-refractivity contribution in [3.8, 4) is 0 Å². The van der Waals surface area contributed by atoms with Crippen molar-refractivity contribution in [1.82, 2.24) is 5.32 Å². The summed E-state index contributed by atoms with van der Waals surface area (Å²) >= 11 is 0. The molecule has 0 radical (unpaired) electrons. The molecule has 0 aliphatic heterocycles. The first-order chi connectivity index (χ1) is 7.41. The number of hydrogen-bond donors (Lipinski definition) is 2. The predicted octanol–water partition coefficient (Wildman–Crippen LogP) is 1.43. The second-order valence-corrected chi connectivity index (χ2v) is 3.98. The van der Waals surface area contributed by atoms with Gasteiger partial charge in [0.05, 0.1) is 5.56 Å². The lowest BCUT2D eigenvalue weighted by Crippen LogP contribution is -2.44. The topological polar surface area (TPSA) is 79.5 Å². The fourth-order valence-corrected chi connectivity index (χ4v) is 1.30. The maximum atomic E-state index is 11.6. The van der Waals surface area contributed by atoms with Crippen molar-refractivity contribution in [3.63, 3.8) is 0 Å². The van der Waals surface area contributed by atoms with Crippen LogP contribution in [0.1, 0.15) is 30.0 Å². The summed E-state index contributed by atoms with van der Waals surface area (Å²) in [6, 6.07) is 0.678. The summed E-state index contributed by atoms with van der Waals surface area (Å²) in [6.45, 7) is 5.19. The number of furan rings is 1. The van der Waals surface area contributed by atoms with Crippen LogP contribution < -0.4 is 5.32 Å². The van der Waals surface area contributed by atoms with Crippen LogP contribution in [0.3, 0.4) is 0 Å². The minimum absolute atomic E-state index is 0.172. The number of amides is 1. The normalized spacial score (nSPS) is 12.5. The van der Waals surface area contributed by atoms with Gasteiger partial charge in [-0.2, -0.15) is 0 Å². The smallest absolute Gasteiger partial charge is 0.326 e. The third-order valence-corrected chi connectivity index (χ3v) is 2.21. The standard InChI is InChI=1S/C11H15NO4/c1-6(2)9(11(14)15)12-10(13)8-4-7(3)16-5-8/h4-6,9H,1-3H3,(H,12,13)(H,14,15). The predicted molar refractivity (Wildman–Crippen MR) is 57.2 cm³/mol. The Balaban J connectivity index is 2.73. The minimum atomic E-state index is -1.04. The maximum Gasteiger partial charge on any atom is 0.326 e. The van der Waals surface area contributed by atoms with E-state index in [1.54, 1.807) is 26.8 Å². The van der Waals surface area contributed by atoms with E-state index in [9.17, 15) is 9.59 Å². The number of aliphatic carboxylic acids is 1. The van der Waals surface area contributed by atoms with Gasteiger partial charge in [0.2, 0.25) is 0 Å². The molecule has 2 N–H and O–H groups in total. The van der Waals surface area contributed by atoms with Gasteiger partial charge in [-0.05, 0) is 18.9 Å². The molecule has 5 heteroatoms. The van der Waals surface area contributed by atoms with Crippen molar-refractivity contribution in [3.05, 3.63) is 23.7 Å². The van der Waals surface area contributed by atoms with Gasteiger partial charge in [-0.1, -0.05) is 13.8 Å². The molecule has 0 bridgehead atoms. The van der Waals surface area contributed by atoms with E-state index in [0.717, 1.165) is 0 Å². The molecule has 0 saturated carbocycles. The SMILES string of the molecule is Cc1cc(C(=O)NC(C(=O)O)C(C)C)co1. The third-order valence-electron chi connectivity index (χ3n) is 2.21. The van der Waals surface area contributed by atoms with Crippen LogP contribution >= 0.6 is 0 Å². The molecule has 5 nitrogen and oxygen atoms in total. The molecule has 1 aromatic rings. The summed E-state index contributed by atoms with van der Waals surface area (Å²) in [6.07, 6.45) is 1.31. The van der Waals surface area contributed by atoms with Gasteiger partial charge >= 0.3 is 5.97 Å². The summed E-state index contributed by atoms with van der Waals surface area (Å²) in [5, 5.41) is 11.4. The Kier molecular flexibility index (Phi) is 3.71. The highest BCUT2D eigenvalue weighted by atomic mass is 16.4. The average molecular weight is 225 g/mol. The number of nitrogens with one attached hydrogen (secondary N) is 1. The summed E-state index contributed by atoms with van der Waals surface area (Å²) in [5.41, 5.74) is 0.337. The fourth-order valence-electron chi connectivity index (χ4n) is 1.30. The van der Waals surface area contributed by atoms with Gasteiger partial charge in [-0.3, -0.25) is 4.79 Å². The number of aryl methyl sites for hydroxylation is 1. The van der Waals surface area contributed by atoms with Gasteiger partial charge in [-0.25, -0.2) is 4.79 Å². The average Bonchev–Trinajstić information content (AvgIpc) is 2.59. The summed E-state index contributed by atoms with van der Waals surface area (Å²) < 4.78 is 4.98. The van der Waals surface area contributed by atoms with E-state index in [4.69, 9.17) is 9.52 Å². The van der Waals surface area contributed by atoms with Crippen LogP contribution in [0.5, 0.6) is 0 Å². The highest BCUT2D eigenvalue weighted by Gasteiger charge is 2.24. The van der Waals surface area contributed by atoms with Crippen molar-refractivity contribution >= 4 is 11.9 Å². The second kappa shape index (κ2) is 4.83. The summed E-state index contributed by atoms with van der Waals surface area (Å²) in [4.78, 5) is 22.5. The Labute approximate surface area is 93.4 Å². The van der Waals surface area contributed by atoms with E-state index >= 15 is 0 Å². The molecule has 1 amide bonds. The lowest BCUT2D eigenvalue weighted by Gasteiger charge is -2.17. The molecular weight excluding hydrogens is 210 g/mol. The molecule has 16 heavy (non-hydrogen) atoms. The van der Waals surface area contributed by atoms with E-state index in [-0.39, 0.29) is 5.92 Å². The van der Waals surface area contributed by atoms with Crippen LogP contribution in [-0.2, 0) is 4.79 Å². The molecule has 0 spiro atoms. The summed E-state index contributed by atoms with van der Waals surface area (Å²) in [7, 11) is 0. The van der Waals surface area contributed by atoms with Crippen molar-refractivity contribution in [1.29, 1.82) is 0 Å². The fraction of sp³-hybridized carbons (Fsp3) is 0.455. The van der Waals surface area contributed by atoms with Crippen molar-refractivity contribution < 1.29 is 19.1 Å². The van der Waals surface area contributed by atoms with Crippen molar-refractivity contribution in [2.75, 3.05) is 0 Å². The zero-order valence-corrected chi connectivity index (χ0v) is 9.48. The van der Waals surface area contributed by atoms with E-state index in [2.05, 4.69) is 5.32 Å². The van der Waals surface area contributed by atoms with Gasteiger partial charge in [0.1, 0.15) is 18.1 Å². The first-order valence-corrected chi connectivity index (χ1v) is 5.00. The number of rotatable bonds is 4. The Bertz CT molecular complexity index is 394. The van der Waals surface area contributed by atoms with Crippen LogP contribution in [0.25, 0.3) is 0 Å². The minimum Gasteiger partial charge on any atom is -0.480 e. The molecule has 1 rings (SSSR count).